The van der Waals surface area contributed by atoms with E-state index in [9.17, 15) is 10.1 Å². The lowest BCUT2D eigenvalue weighted by atomic mass is 10.2. The van der Waals surface area contributed by atoms with Gasteiger partial charge < -0.3 is 4.74 Å². The minimum absolute atomic E-state index is 0.00580. The molecule has 3 rings (SSSR count). The number of hydrogen-bond donors (Lipinski definition) is 1. The van der Waals surface area contributed by atoms with Gasteiger partial charge in [-0.3, -0.25) is 15.5 Å². The first-order chi connectivity index (χ1) is 13.7. The Kier molecular flexibility index (Phi) is 6.04. The minimum atomic E-state index is -0.463. The Bertz CT molecular complexity index is 985. The number of anilines is 1. The smallest absolute Gasteiger partial charge is 0.269 e. The molecule has 0 aromatic heterocycles. The molecule has 0 saturated heterocycles. The molecule has 0 aliphatic heterocycles. The summed E-state index contributed by atoms with van der Waals surface area (Å²) in [7, 11) is 1.59. The molecular weight excluding hydrogens is 358 g/mol. The molecule has 0 heterocycles. The topological polar surface area (TPSA) is 101 Å². The summed E-state index contributed by atoms with van der Waals surface area (Å²) in [6.45, 7) is 0. The molecule has 8 heteroatoms. The van der Waals surface area contributed by atoms with Crippen molar-refractivity contribution in [2.45, 2.75) is 0 Å². The molecular formula is C20H17N5O3. The zero-order valence-electron chi connectivity index (χ0n) is 15.0. The zero-order chi connectivity index (χ0) is 19.8. The number of nitrogens with one attached hydrogen (secondary N) is 1. The number of nitro benzene ring substituents is 1. The van der Waals surface area contributed by atoms with Crippen LogP contribution >= 0.6 is 0 Å². The summed E-state index contributed by atoms with van der Waals surface area (Å²) in [5.41, 5.74) is 4.95. The molecule has 3 aromatic carbocycles. The first kappa shape index (κ1) is 18.7. The highest BCUT2D eigenvalue weighted by Crippen LogP contribution is 2.19. The van der Waals surface area contributed by atoms with Crippen molar-refractivity contribution in [3.05, 3.63) is 94.5 Å². The summed E-state index contributed by atoms with van der Waals surface area (Å²) in [5, 5.41) is 23.4. The van der Waals surface area contributed by atoms with Crippen LogP contribution in [-0.4, -0.2) is 17.9 Å². The van der Waals surface area contributed by atoms with Gasteiger partial charge in [-0.15, -0.1) is 10.2 Å². The number of amidine groups is 1. The van der Waals surface area contributed by atoms with Gasteiger partial charge in [-0.2, -0.15) is 5.10 Å². The summed E-state index contributed by atoms with van der Waals surface area (Å²) in [6, 6.07) is 22.5. The highest BCUT2D eigenvalue weighted by atomic mass is 16.6. The van der Waals surface area contributed by atoms with Gasteiger partial charge in [-0.05, 0) is 48.5 Å². The monoisotopic (exact) mass is 375 g/mol. The second kappa shape index (κ2) is 9.04. The molecule has 0 radical (unpaired) electrons. The van der Waals surface area contributed by atoms with Crippen molar-refractivity contribution in [2.75, 3.05) is 12.5 Å². The number of hydrogen-bond acceptors (Lipinski definition) is 6. The Morgan fingerprint density at radius 3 is 2.25 bits per heavy atom. The van der Waals surface area contributed by atoms with Crippen LogP contribution < -0.4 is 10.2 Å². The van der Waals surface area contributed by atoms with Crippen LogP contribution in [0.3, 0.4) is 0 Å². The van der Waals surface area contributed by atoms with Crippen molar-refractivity contribution >= 4 is 22.9 Å². The molecule has 28 heavy (non-hydrogen) atoms. The van der Waals surface area contributed by atoms with Crippen molar-refractivity contribution in [1.29, 1.82) is 0 Å². The molecule has 0 fully saturated rings. The van der Waals surface area contributed by atoms with Crippen molar-refractivity contribution in [3.8, 4) is 5.75 Å². The van der Waals surface area contributed by atoms with Crippen molar-refractivity contribution in [3.63, 3.8) is 0 Å². The van der Waals surface area contributed by atoms with E-state index in [1.165, 1.54) is 24.3 Å². The molecule has 3 aromatic rings. The van der Waals surface area contributed by atoms with Gasteiger partial charge >= 0.3 is 0 Å². The van der Waals surface area contributed by atoms with Gasteiger partial charge in [0.15, 0.2) is 0 Å². The quantitative estimate of drug-likeness (QED) is 0.211. The van der Waals surface area contributed by atoms with Gasteiger partial charge in [0, 0.05) is 17.7 Å². The summed E-state index contributed by atoms with van der Waals surface area (Å²) in [6.07, 6.45) is 0. The van der Waals surface area contributed by atoms with E-state index in [1.54, 1.807) is 19.2 Å². The number of para-hydroxylation sites is 1. The summed E-state index contributed by atoms with van der Waals surface area (Å²) in [5.74, 6) is 1.07. The third kappa shape index (κ3) is 4.98. The van der Waals surface area contributed by atoms with Crippen LogP contribution in [0.1, 0.15) is 5.56 Å². The first-order valence-electron chi connectivity index (χ1n) is 8.35. The maximum Gasteiger partial charge on any atom is 0.269 e. The zero-order valence-corrected chi connectivity index (χ0v) is 15.0. The van der Waals surface area contributed by atoms with Crippen LogP contribution in [0.5, 0.6) is 5.75 Å². The molecule has 140 valence electrons. The highest BCUT2D eigenvalue weighted by Gasteiger charge is 2.06. The van der Waals surface area contributed by atoms with E-state index in [4.69, 9.17) is 4.74 Å². The van der Waals surface area contributed by atoms with E-state index in [0.29, 0.717) is 17.3 Å². The van der Waals surface area contributed by atoms with Gasteiger partial charge in [0.05, 0.1) is 23.4 Å². The summed E-state index contributed by atoms with van der Waals surface area (Å²) in [4.78, 5) is 10.3. The normalized spacial score (nSPS) is 11.4. The number of ether oxygens (including phenoxy) is 1. The van der Waals surface area contributed by atoms with Gasteiger partial charge in [-0.1, -0.05) is 18.2 Å². The Morgan fingerprint density at radius 2 is 1.64 bits per heavy atom. The number of nitro groups is 1. The average Bonchev–Trinajstić information content (AvgIpc) is 2.75. The van der Waals surface area contributed by atoms with Gasteiger partial charge in [0.25, 0.3) is 5.69 Å². The van der Waals surface area contributed by atoms with Gasteiger partial charge in [-0.25, -0.2) is 0 Å². The van der Waals surface area contributed by atoms with Crippen LogP contribution in [-0.2, 0) is 0 Å². The van der Waals surface area contributed by atoms with Gasteiger partial charge in [0.1, 0.15) is 5.75 Å². The van der Waals surface area contributed by atoms with Crippen molar-refractivity contribution < 1.29 is 9.66 Å². The second-order valence-electron chi connectivity index (χ2n) is 5.62. The molecule has 0 aliphatic rings. The second-order valence-corrected chi connectivity index (χ2v) is 5.62. The number of non-ortho nitro benzene ring substituents is 1. The van der Waals surface area contributed by atoms with Crippen molar-refractivity contribution in [1.82, 2.24) is 0 Å². The van der Waals surface area contributed by atoms with E-state index in [1.807, 2.05) is 42.5 Å². The predicted molar refractivity (Wildman–Crippen MR) is 107 cm³/mol. The molecule has 0 unspecified atom stereocenters. The Balaban J connectivity index is 1.87. The van der Waals surface area contributed by atoms with E-state index in [0.717, 1.165) is 11.3 Å². The maximum atomic E-state index is 10.7. The highest BCUT2D eigenvalue weighted by molar-refractivity contribution is 5.99. The lowest BCUT2D eigenvalue weighted by molar-refractivity contribution is -0.384. The minimum Gasteiger partial charge on any atom is -0.497 e. The predicted octanol–water partition coefficient (Wildman–Crippen LogP) is 5.16. The number of nitrogens with zero attached hydrogens (tertiary/aromatic N) is 4. The fourth-order valence-electron chi connectivity index (χ4n) is 2.26. The molecule has 0 bridgehead atoms. The lowest BCUT2D eigenvalue weighted by Gasteiger charge is -2.04. The summed E-state index contributed by atoms with van der Waals surface area (Å²) >= 11 is 0. The fraction of sp³-hybridized carbons (Fsp3) is 0.0500. The molecule has 0 atom stereocenters. The Labute approximate surface area is 161 Å². The first-order valence-corrected chi connectivity index (χ1v) is 8.35. The average molecular weight is 375 g/mol. The fourth-order valence-corrected chi connectivity index (χ4v) is 2.26. The SMILES string of the molecule is COc1ccc(C(N=Nc2ccc([N+](=O)[O-])cc2)=NNc2ccccc2)cc1. The van der Waals surface area contributed by atoms with E-state index in [2.05, 4.69) is 20.8 Å². The Morgan fingerprint density at radius 1 is 0.964 bits per heavy atom. The van der Waals surface area contributed by atoms with E-state index in [-0.39, 0.29) is 5.69 Å². The third-order valence-corrected chi connectivity index (χ3v) is 3.73. The molecule has 0 saturated carbocycles. The lowest BCUT2D eigenvalue weighted by Crippen LogP contribution is -2.01. The van der Waals surface area contributed by atoms with Gasteiger partial charge in [0.2, 0.25) is 5.84 Å². The maximum absolute atomic E-state index is 10.7. The summed E-state index contributed by atoms with van der Waals surface area (Å²) < 4.78 is 5.17. The number of azo groups is 1. The largest absolute Gasteiger partial charge is 0.497 e. The van der Waals surface area contributed by atoms with Crippen molar-refractivity contribution in [2.24, 2.45) is 15.3 Å². The van der Waals surface area contributed by atoms with Crippen LogP contribution in [0.25, 0.3) is 0 Å². The number of benzene rings is 3. The van der Waals surface area contributed by atoms with E-state index < -0.39 is 4.92 Å². The van der Waals surface area contributed by atoms with E-state index >= 15 is 0 Å². The molecule has 0 aliphatic carbocycles. The number of methoxy groups -OCH3 is 1. The standard InChI is InChI=1S/C20H17N5O3/c1-28-19-13-7-15(8-14-19)20(23-21-16-5-3-2-4-6-16)24-22-17-9-11-18(12-10-17)25(26)27/h2-14,21H,1H3. The van der Waals surface area contributed by atoms with Crippen LogP contribution in [0.15, 0.2) is 94.2 Å². The molecule has 1 N–H and O–H groups in total. The van der Waals surface area contributed by atoms with Crippen LogP contribution in [0.4, 0.5) is 17.1 Å². The third-order valence-electron chi connectivity index (χ3n) is 3.73. The molecule has 0 spiro atoms. The number of rotatable bonds is 6. The Hall–Kier alpha value is -4.07. The molecule has 8 nitrogen and oxygen atoms in total. The van der Waals surface area contributed by atoms with Crippen LogP contribution in [0.2, 0.25) is 0 Å². The van der Waals surface area contributed by atoms with Crippen LogP contribution in [0, 0.1) is 10.1 Å². The number of hydrazone groups is 1. The molecule has 0 amide bonds.